The lowest BCUT2D eigenvalue weighted by Gasteiger charge is -2.21. The van der Waals surface area contributed by atoms with Crippen LogP contribution in [0, 0.1) is 0 Å². The topological polar surface area (TPSA) is 18.5 Å². The van der Waals surface area contributed by atoms with Crippen LogP contribution < -0.4 is 0 Å². The molecule has 1 aliphatic rings. The maximum absolute atomic E-state index is 5.06. The van der Waals surface area contributed by atoms with Crippen LogP contribution in [-0.2, 0) is 9.78 Å². The highest BCUT2D eigenvalue weighted by Crippen LogP contribution is 2.16. The summed E-state index contributed by atoms with van der Waals surface area (Å²) in [7, 11) is 0. The number of allylic oxidation sites excluding steroid dienone is 1. The van der Waals surface area contributed by atoms with E-state index in [0.29, 0.717) is 0 Å². The van der Waals surface area contributed by atoms with Gasteiger partial charge >= 0.3 is 0 Å². The van der Waals surface area contributed by atoms with Gasteiger partial charge in [-0.1, -0.05) is 6.08 Å². The maximum atomic E-state index is 5.06. The van der Waals surface area contributed by atoms with Crippen LogP contribution in [0.25, 0.3) is 0 Å². The van der Waals surface area contributed by atoms with E-state index in [1.165, 1.54) is 5.57 Å². The van der Waals surface area contributed by atoms with Crippen LogP contribution >= 0.6 is 0 Å². The van der Waals surface area contributed by atoms with E-state index in [-0.39, 0.29) is 6.10 Å². The van der Waals surface area contributed by atoms with Crippen LogP contribution in [0.3, 0.4) is 0 Å². The van der Waals surface area contributed by atoms with E-state index in [0.717, 1.165) is 19.4 Å². The number of rotatable bonds is 1. The van der Waals surface area contributed by atoms with Crippen molar-refractivity contribution in [2.75, 3.05) is 6.61 Å². The Bertz CT molecular complexity index is 123. The molecule has 1 unspecified atom stereocenters. The van der Waals surface area contributed by atoms with E-state index >= 15 is 0 Å². The Hall–Kier alpha value is -0.340. The molecule has 1 heterocycles. The van der Waals surface area contributed by atoms with Crippen molar-refractivity contribution in [3.8, 4) is 0 Å². The first-order valence-electron chi connectivity index (χ1n) is 3.75. The fourth-order valence-corrected chi connectivity index (χ4v) is 0.995. The summed E-state index contributed by atoms with van der Waals surface area (Å²) < 4.78 is 0. The van der Waals surface area contributed by atoms with Gasteiger partial charge < -0.3 is 0 Å². The summed E-state index contributed by atoms with van der Waals surface area (Å²) >= 11 is 0. The van der Waals surface area contributed by atoms with E-state index in [4.69, 9.17) is 9.78 Å². The molecule has 10 heavy (non-hydrogen) atoms. The fraction of sp³-hybridized carbons (Fsp3) is 0.750. The van der Waals surface area contributed by atoms with Crippen LogP contribution in [0.4, 0.5) is 0 Å². The molecule has 0 aromatic carbocycles. The molecule has 0 N–H and O–H groups in total. The largest absolute Gasteiger partial charge is 0.236 e. The van der Waals surface area contributed by atoms with Crippen LogP contribution in [0.15, 0.2) is 11.6 Å². The fourth-order valence-electron chi connectivity index (χ4n) is 0.995. The van der Waals surface area contributed by atoms with E-state index in [1.807, 2.05) is 6.92 Å². The standard InChI is InChI=1S/C8H14O2/c1-3-7(2)8-5-4-6-9-10-8/h3,8H,4-6H2,1-2H3/b7-3+. The molecule has 0 spiro atoms. The molecule has 1 atom stereocenters. The van der Waals surface area contributed by atoms with Gasteiger partial charge in [0.25, 0.3) is 0 Å². The molecule has 1 saturated heterocycles. The summed E-state index contributed by atoms with van der Waals surface area (Å²) in [4.78, 5) is 9.93. The lowest BCUT2D eigenvalue weighted by atomic mass is 10.1. The van der Waals surface area contributed by atoms with Crippen molar-refractivity contribution >= 4 is 0 Å². The highest BCUT2D eigenvalue weighted by molar-refractivity contribution is 5.03. The molecular formula is C8H14O2. The highest BCUT2D eigenvalue weighted by Gasteiger charge is 2.15. The normalized spacial score (nSPS) is 28.6. The van der Waals surface area contributed by atoms with Crippen molar-refractivity contribution < 1.29 is 9.78 Å². The quantitative estimate of drug-likeness (QED) is 0.412. The Labute approximate surface area is 61.8 Å². The zero-order valence-corrected chi connectivity index (χ0v) is 6.59. The first-order chi connectivity index (χ1) is 4.84. The third-order valence-electron chi connectivity index (χ3n) is 1.84. The second kappa shape index (κ2) is 3.74. The van der Waals surface area contributed by atoms with Gasteiger partial charge in [0.1, 0.15) is 6.10 Å². The molecule has 0 aliphatic carbocycles. The van der Waals surface area contributed by atoms with E-state index < -0.39 is 0 Å². The maximum Gasteiger partial charge on any atom is 0.114 e. The minimum atomic E-state index is 0.207. The molecule has 0 amide bonds. The number of hydrogen-bond acceptors (Lipinski definition) is 2. The summed E-state index contributed by atoms with van der Waals surface area (Å²) in [6.45, 7) is 4.83. The zero-order chi connectivity index (χ0) is 7.40. The monoisotopic (exact) mass is 142 g/mol. The van der Waals surface area contributed by atoms with Gasteiger partial charge in [-0.15, -0.1) is 0 Å². The average Bonchev–Trinajstić information content (AvgIpc) is 2.05. The minimum Gasteiger partial charge on any atom is -0.236 e. The first-order valence-corrected chi connectivity index (χ1v) is 3.75. The van der Waals surface area contributed by atoms with Crippen molar-refractivity contribution in [3.05, 3.63) is 11.6 Å². The lowest BCUT2D eigenvalue weighted by molar-refractivity contribution is -0.335. The smallest absolute Gasteiger partial charge is 0.114 e. The van der Waals surface area contributed by atoms with Gasteiger partial charge in [0, 0.05) is 0 Å². The second-order valence-electron chi connectivity index (χ2n) is 2.58. The molecule has 0 bridgehead atoms. The van der Waals surface area contributed by atoms with Crippen molar-refractivity contribution in [3.63, 3.8) is 0 Å². The summed E-state index contributed by atoms with van der Waals surface area (Å²) in [6, 6.07) is 0. The van der Waals surface area contributed by atoms with E-state index in [2.05, 4.69) is 13.0 Å². The van der Waals surface area contributed by atoms with Crippen LogP contribution in [-0.4, -0.2) is 12.7 Å². The van der Waals surface area contributed by atoms with Crippen molar-refractivity contribution in [1.29, 1.82) is 0 Å². The zero-order valence-electron chi connectivity index (χ0n) is 6.59. The molecule has 0 saturated carbocycles. The Morgan fingerprint density at radius 2 is 2.40 bits per heavy atom. The molecule has 58 valence electrons. The van der Waals surface area contributed by atoms with Crippen molar-refractivity contribution in [2.45, 2.75) is 32.8 Å². The Morgan fingerprint density at radius 1 is 1.60 bits per heavy atom. The van der Waals surface area contributed by atoms with E-state index in [9.17, 15) is 0 Å². The molecule has 0 aromatic heterocycles. The Morgan fingerprint density at radius 3 is 2.90 bits per heavy atom. The minimum absolute atomic E-state index is 0.207. The van der Waals surface area contributed by atoms with Crippen molar-refractivity contribution in [1.82, 2.24) is 0 Å². The molecule has 0 aromatic rings. The van der Waals surface area contributed by atoms with Gasteiger partial charge in [0.05, 0.1) is 6.61 Å². The molecule has 0 radical (unpaired) electrons. The number of hydrogen-bond donors (Lipinski definition) is 0. The highest BCUT2D eigenvalue weighted by atomic mass is 17.2. The van der Waals surface area contributed by atoms with Gasteiger partial charge in [-0.05, 0) is 32.3 Å². The van der Waals surface area contributed by atoms with Gasteiger partial charge in [-0.2, -0.15) is 0 Å². The Kier molecular flexibility index (Phi) is 2.90. The molecule has 1 rings (SSSR count). The van der Waals surface area contributed by atoms with Gasteiger partial charge in [0.2, 0.25) is 0 Å². The SMILES string of the molecule is C/C=C(\C)C1CCCOO1. The van der Waals surface area contributed by atoms with E-state index in [1.54, 1.807) is 0 Å². The molecule has 2 nitrogen and oxygen atoms in total. The first kappa shape index (κ1) is 7.76. The molecule has 2 heteroatoms. The van der Waals surface area contributed by atoms with Gasteiger partial charge in [0.15, 0.2) is 0 Å². The summed E-state index contributed by atoms with van der Waals surface area (Å²) in [5.74, 6) is 0. The summed E-state index contributed by atoms with van der Waals surface area (Å²) in [5, 5.41) is 0. The third-order valence-corrected chi connectivity index (χ3v) is 1.84. The van der Waals surface area contributed by atoms with Gasteiger partial charge in [-0.25, -0.2) is 9.78 Å². The predicted molar refractivity (Wildman–Crippen MR) is 39.5 cm³/mol. The van der Waals surface area contributed by atoms with Crippen LogP contribution in [0.5, 0.6) is 0 Å². The Balaban J connectivity index is 2.39. The van der Waals surface area contributed by atoms with Crippen molar-refractivity contribution in [2.24, 2.45) is 0 Å². The summed E-state index contributed by atoms with van der Waals surface area (Å²) in [6.07, 6.45) is 4.48. The second-order valence-corrected chi connectivity index (χ2v) is 2.58. The third kappa shape index (κ3) is 1.82. The molecule has 1 aliphatic heterocycles. The van der Waals surface area contributed by atoms with Gasteiger partial charge in [-0.3, -0.25) is 0 Å². The van der Waals surface area contributed by atoms with Crippen LogP contribution in [0.1, 0.15) is 26.7 Å². The lowest BCUT2D eigenvalue weighted by Crippen LogP contribution is -2.20. The van der Waals surface area contributed by atoms with Crippen LogP contribution in [0.2, 0.25) is 0 Å². The molecule has 1 fully saturated rings. The predicted octanol–water partition coefficient (Wildman–Crippen LogP) is 2.06. The summed E-state index contributed by atoms with van der Waals surface area (Å²) in [5.41, 5.74) is 1.26. The molecular weight excluding hydrogens is 128 g/mol. The average molecular weight is 142 g/mol.